The predicted octanol–water partition coefficient (Wildman–Crippen LogP) is 0.842. The van der Waals surface area contributed by atoms with Gasteiger partial charge in [0.25, 0.3) is 0 Å². The summed E-state index contributed by atoms with van der Waals surface area (Å²) in [4.78, 5) is 28.1. The Kier molecular flexibility index (Phi) is 5.98. The number of urea groups is 1. The van der Waals surface area contributed by atoms with Crippen LogP contribution in [0.25, 0.3) is 0 Å². The van der Waals surface area contributed by atoms with Crippen LogP contribution in [-0.2, 0) is 11.2 Å². The smallest absolute Gasteiger partial charge is 0.317 e. The molecule has 0 aliphatic carbocycles. The average Bonchev–Trinajstić information content (AvgIpc) is 3.02. The second kappa shape index (κ2) is 8.40. The zero-order valence-corrected chi connectivity index (χ0v) is 15.5. The topological polar surface area (TPSA) is 73.9 Å². The number of ether oxygens (including phenoxy) is 1. The summed E-state index contributed by atoms with van der Waals surface area (Å²) < 4.78 is 5.85. The number of para-hydroxylation sites is 1. The number of amides is 3. The van der Waals surface area contributed by atoms with Gasteiger partial charge < -0.3 is 20.3 Å². The van der Waals surface area contributed by atoms with Crippen LogP contribution in [0.1, 0.15) is 19.4 Å². The molecule has 1 aromatic rings. The molecule has 7 heteroatoms. The number of nitrogens with zero attached hydrogens (tertiary/aromatic N) is 2. The highest BCUT2D eigenvalue weighted by Gasteiger charge is 2.25. The van der Waals surface area contributed by atoms with Gasteiger partial charge in [-0.05, 0) is 25.5 Å². The molecule has 1 saturated heterocycles. The van der Waals surface area contributed by atoms with Crippen molar-refractivity contribution >= 4 is 11.9 Å². The Morgan fingerprint density at radius 2 is 1.92 bits per heavy atom. The maximum atomic E-state index is 12.4. The fourth-order valence-corrected chi connectivity index (χ4v) is 3.36. The van der Waals surface area contributed by atoms with Gasteiger partial charge in [0.15, 0.2) is 0 Å². The zero-order chi connectivity index (χ0) is 18.5. The number of rotatable bonds is 5. The van der Waals surface area contributed by atoms with Crippen LogP contribution in [0.4, 0.5) is 4.79 Å². The third-order valence-corrected chi connectivity index (χ3v) is 4.67. The van der Waals surface area contributed by atoms with Crippen LogP contribution in [0.2, 0.25) is 0 Å². The number of carbonyl (C=O) groups excluding carboxylic acids is 2. The van der Waals surface area contributed by atoms with E-state index in [2.05, 4.69) is 21.6 Å². The van der Waals surface area contributed by atoms with Crippen molar-refractivity contribution in [2.45, 2.75) is 32.4 Å². The molecule has 1 unspecified atom stereocenters. The zero-order valence-electron chi connectivity index (χ0n) is 15.5. The maximum absolute atomic E-state index is 12.4. The Morgan fingerprint density at radius 1 is 1.19 bits per heavy atom. The summed E-state index contributed by atoms with van der Waals surface area (Å²) in [5.74, 6) is 0.955. The van der Waals surface area contributed by atoms with Crippen molar-refractivity contribution in [1.29, 1.82) is 0 Å². The van der Waals surface area contributed by atoms with Gasteiger partial charge in [0.05, 0.1) is 13.1 Å². The Morgan fingerprint density at radius 3 is 2.62 bits per heavy atom. The lowest BCUT2D eigenvalue weighted by molar-refractivity contribution is -0.123. The molecule has 1 aromatic carbocycles. The number of piperazine rings is 1. The number of fused-ring (bicyclic) bond motifs is 1. The Balaban J connectivity index is 1.36. The van der Waals surface area contributed by atoms with Gasteiger partial charge in [-0.25, -0.2) is 4.79 Å². The maximum Gasteiger partial charge on any atom is 0.317 e. The van der Waals surface area contributed by atoms with Gasteiger partial charge in [0.2, 0.25) is 5.91 Å². The summed E-state index contributed by atoms with van der Waals surface area (Å²) in [6, 6.07) is 8.08. The standard InChI is InChI=1S/C19H28N4O3/c1-14(2)21-18(24)13-22-7-9-23(10-8-22)19(25)20-12-16-11-15-5-3-4-6-17(15)26-16/h3-6,14,16H,7-13H2,1-2H3,(H,20,25)(H,21,24). The van der Waals surface area contributed by atoms with Crippen LogP contribution in [-0.4, -0.2) is 73.2 Å². The molecule has 1 fully saturated rings. The van der Waals surface area contributed by atoms with Crippen LogP contribution in [0, 0.1) is 0 Å². The van der Waals surface area contributed by atoms with E-state index < -0.39 is 0 Å². The first kappa shape index (κ1) is 18.5. The molecule has 0 bridgehead atoms. The summed E-state index contributed by atoms with van der Waals surface area (Å²) in [5.41, 5.74) is 1.19. The highest BCUT2D eigenvalue weighted by Crippen LogP contribution is 2.27. The first-order chi connectivity index (χ1) is 12.5. The van der Waals surface area contributed by atoms with E-state index in [4.69, 9.17) is 4.74 Å². The monoisotopic (exact) mass is 360 g/mol. The number of hydrogen-bond donors (Lipinski definition) is 2. The fraction of sp³-hybridized carbons (Fsp3) is 0.579. The predicted molar refractivity (Wildman–Crippen MR) is 99.3 cm³/mol. The molecule has 1 atom stereocenters. The van der Waals surface area contributed by atoms with Gasteiger partial charge in [-0.1, -0.05) is 18.2 Å². The molecule has 0 spiro atoms. The molecule has 3 amide bonds. The molecule has 0 aromatic heterocycles. The Bertz CT molecular complexity index is 616. The van der Waals surface area contributed by atoms with Gasteiger partial charge in [0.1, 0.15) is 11.9 Å². The first-order valence-corrected chi connectivity index (χ1v) is 9.30. The summed E-state index contributed by atoms with van der Waals surface area (Å²) >= 11 is 0. The highest BCUT2D eigenvalue weighted by molar-refractivity contribution is 5.78. The minimum absolute atomic E-state index is 0.00244. The summed E-state index contributed by atoms with van der Waals surface area (Å²) in [6.07, 6.45) is 0.826. The van der Waals surface area contributed by atoms with Crippen molar-refractivity contribution in [1.82, 2.24) is 20.4 Å². The normalized spacial score (nSPS) is 19.8. The van der Waals surface area contributed by atoms with Crippen molar-refractivity contribution in [3.8, 4) is 5.75 Å². The molecule has 2 N–H and O–H groups in total. The van der Waals surface area contributed by atoms with E-state index in [9.17, 15) is 9.59 Å². The van der Waals surface area contributed by atoms with Crippen molar-refractivity contribution in [3.63, 3.8) is 0 Å². The molecule has 26 heavy (non-hydrogen) atoms. The quantitative estimate of drug-likeness (QED) is 0.816. The summed E-state index contributed by atoms with van der Waals surface area (Å²) in [5, 5.41) is 5.87. The van der Waals surface area contributed by atoms with E-state index in [1.807, 2.05) is 32.0 Å². The lowest BCUT2D eigenvalue weighted by Crippen LogP contribution is -2.54. The van der Waals surface area contributed by atoms with Crippen LogP contribution >= 0.6 is 0 Å². The lowest BCUT2D eigenvalue weighted by atomic mass is 10.1. The summed E-state index contributed by atoms with van der Waals surface area (Å²) in [6.45, 7) is 7.49. The fourth-order valence-electron chi connectivity index (χ4n) is 3.36. The molecule has 0 radical (unpaired) electrons. The number of nitrogens with one attached hydrogen (secondary N) is 2. The lowest BCUT2D eigenvalue weighted by Gasteiger charge is -2.34. The van der Waals surface area contributed by atoms with E-state index in [-0.39, 0.29) is 24.1 Å². The molecule has 7 nitrogen and oxygen atoms in total. The molecule has 3 rings (SSSR count). The molecule has 142 valence electrons. The molecule has 2 aliphatic heterocycles. The number of carbonyl (C=O) groups is 2. The average molecular weight is 360 g/mol. The number of benzene rings is 1. The molecular weight excluding hydrogens is 332 g/mol. The highest BCUT2D eigenvalue weighted by atomic mass is 16.5. The number of hydrogen-bond acceptors (Lipinski definition) is 4. The second-order valence-electron chi connectivity index (χ2n) is 7.22. The Hall–Kier alpha value is -2.28. The van der Waals surface area contributed by atoms with Crippen LogP contribution in [0.5, 0.6) is 5.75 Å². The second-order valence-corrected chi connectivity index (χ2v) is 7.22. The largest absolute Gasteiger partial charge is 0.488 e. The molecule has 2 heterocycles. The molecular formula is C19H28N4O3. The van der Waals surface area contributed by atoms with Gasteiger partial charge in [-0.3, -0.25) is 9.69 Å². The minimum atomic E-state index is -0.0594. The molecule has 2 aliphatic rings. The minimum Gasteiger partial charge on any atom is -0.488 e. The van der Waals surface area contributed by atoms with Crippen molar-refractivity contribution < 1.29 is 14.3 Å². The van der Waals surface area contributed by atoms with E-state index in [0.29, 0.717) is 39.3 Å². The SMILES string of the molecule is CC(C)NC(=O)CN1CCN(C(=O)NCC2Cc3ccccc3O2)CC1. The Labute approximate surface area is 154 Å². The van der Waals surface area contributed by atoms with Crippen molar-refractivity contribution in [2.75, 3.05) is 39.3 Å². The third kappa shape index (κ3) is 4.88. The third-order valence-electron chi connectivity index (χ3n) is 4.67. The molecule has 0 saturated carbocycles. The van der Waals surface area contributed by atoms with Crippen LogP contribution in [0.3, 0.4) is 0 Å². The van der Waals surface area contributed by atoms with E-state index in [1.165, 1.54) is 5.56 Å². The van der Waals surface area contributed by atoms with Crippen LogP contribution < -0.4 is 15.4 Å². The summed E-state index contributed by atoms with van der Waals surface area (Å²) in [7, 11) is 0. The van der Waals surface area contributed by atoms with Gasteiger partial charge in [-0.15, -0.1) is 0 Å². The van der Waals surface area contributed by atoms with Gasteiger partial charge in [-0.2, -0.15) is 0 Å². The van der Waals surface area contributed by atoms with E-state index in [0.717, 1.165) is 12.2 Å². The van der Waals surface area contributed by atoms with E-state index >= 15 is 0 Å². The van der Waals surface area contributed by atoms with Gasteiger partial charge in [0, 0.05) is 38.6 Å². The van der Waals surface area contributed by atoms with Gasteiger partial charge >= 0.3 is 6.03 Å². The van der Waals surface area contributed by atoms with E-state index in [1.54, 1.807) is 4.90 Å². The van der Waals surface area contributed by atoms with Crippen molar-refractivity contribution in [3.05, 3.63) is 29.8 Å². The van der Waals surface area contributed by atoms with Crippen molar-refractivity contribution in [2.24, 2.45) is 0 Å². The van der Waals surface area contributed by atoms with Crippen LogP contribution in [0.15, 0.2) is 24.3 Å². The first-order valence-electron chi connectivity index (χ1n) is 9.30.